The molecule has 0 spiro atoms. The molecule has 1 fully saturated rings. The van der Waals surface area contributed by atoms with Gasteiger partial charge in [-0.25, -0.2) is 0 Å². The molecule has 0 saturated carbocycles. The first-order valence-corrected chi connectivity index (χ1v) is 6.14. The second-order valence-corrected chi connectivity index (χ2v) is 4.67. The van der Waals surface area contributed by atoms with E-state index in [9.17, 15) is 0 Å². The van der Waals surface area contributed by atoms with E-state index < -0.39 is 0 Å². The van der Waals surface area contributed by atoms with Crippen LogP contribution < -0.4 is 10.2 Å². The Labute approximate surface area is 110 Å². The van der Waals surface area contributed by atoms with Gasteiger partial charge < -0.3 is 10.2 Å². The molecule has 0 atom stereocenters. The lowest BCUT2D eigenvalue weighted by molar-refractivity contribution is 0.879. The summed E-state index contributed by atoms with van der Waals surface area (Å²) in [6, 6.07) is 0. The van der Waals surface area contributed by atoms with Gasteiger partial charge in [0, 0.05) is 18.1 Å². The summed E-state index contributed by atoms with van der Waals surface area (Å²) < 4.78 is 0. The molecule has 1 aliphatic heterocycles. The van der Waals surface area contributed by atoms with Crippen LogP contribution in [0.25, 0.3) is 0 Å². The molecule has 1 aliphatic rings. The Morgan fingerprint density at radius 2 is 2.00 bits per heavy atom. The van der Waals surface area contributed by atoms with Gasteiger partial charge in [0.2, 0.25) is 17.2 Å². The standard InChI is InChI=1S/C10H13Cl2N5/c1-7(11)6-13-9-14-8(12)15-10(16-9)17-4-2-3-5-17/h1-6H2,(H,13,14,15,16). The van der Waals surface area contributed by atoms with Crippen molar-refractivity contribution in [1.82, 2.24) is 15.0 Å². The minimum Gasteiger partial charge on any atom is -0.349 e. The van der Waals surface area contributed by atoms with Crippen LogP contribution in [0.5, 0.6) is 0 Å². The topological polar surface area (TPSA) is 53.9 Å². The summed E-state index contributed by atoms with van der Waals surface area (Å²) in [5.41, 5.74) is 0. The molecule has 1 saturated heterocycles. The molecule has 0 aromatic carbocycles. The Morgan fingerprint density at radius 1 is 1.29 bits per heavy atom. The number of rotatable bonds is 4. The van der Waals surface area contributed by atoms with Crippen molar-refractivity contribution < 1.29 is 0 Å². The van der Waals surface area contributed by atoms with Gasteiger partial charge >= 0.3 is 0 Å². The molecule has 0 unspecified atom stereocenters. The van der Waals surface area contributed by atoms with Crippen LogP contribution in [0.4, 0.5) is 11.9 Å². The first-order chi connectivity index (χ1) is 8.15. The summed E-state index contributed by atoms with van der Waals surface area (Å²) in [6.07, 6.45) is 2.31. The average Bonchev–Trinajstić information content (AvgIpc) is 2.79. The highest BCUT2D eigenvalue weighted by molar-refractivity contribution is 6.29. The predicted octanol–water partition coefficient (Wildman–Crippen LogP) is 2.29. The molecule has 5 nitrogen and oxygen atoms in total. The molecule has 92 valence electrons. The highest BCUT2D eigenvalue weighted by atomic mass is 35.5. The first-order valence-electron chi connectivity index (χ1n) is 5.39. The summed E-state index contributed by atoms with van der Waals surface area (Å²) in [4.78, 5) is 14.5. The van der Waals surface area contributed by atoms with E-state index >= 15 is 0 Å². The number of nitrogens with zero attached hydrogens (tertiary/aromatic N) is 4. The molecular formula is C10H13Cl2N5. The van der Waals surface area contributed by atoms with Crippen molar-refractivity contribution in [1.29, 1.82) is 0 Å². The van der Waals surface area contributed by atoms with E-state index in [-0.39, 0.29) is 5.28 Å². The maximum atomic E-state index is 5.86. The van der Waals surface area contributed by atoms with Crippen LogP contribution >= 0.6 is 23.2 Å². The van der Waals surface area contributed by atoms with Crippen molar-refractivity contribution in [2.24, 2.45) is 0 Å². The smallest absolute Gasteiger partial charge is 0.231 e. The van der Waals surface area contributed by atoms with Gasteiger partial charge in [-0.1, -0.05) is 18.2 Å². The second kappa shape index (κ2) is 5.51. The molecule has 7 heteroatoms. The fourth-order valence-corrected chi connectivity index (χ4v) is 1.87. The summed E-state index contributed by atoms with van der Waals surface area (Å²) in [6.45, 7) is 5.91. The normalized spacial score (nSPS) is 15.1. The van der Waals surface area contributed by atoms with E-state index in [0.29, 0.717) is 23.5 Å². The second-order valence-electron chi connectivity index (χ2n) is 3.79. The van der Waals surface area contributed by atoms with E-state index in [1.807, 2.05) is 0 Å². The first kappa shape index (κ1) is 12.4. The zero-order valence-corrected chi connectivity index (χ0v) is 10.8. The van der Waals surface area contributed by atoms with E-state index in [4.69, 9.17) is 23.2 Å². The zero-order valence-electron chi connectivity index (χ0n) is 9.29. The lowest BCUT2D eigenvalue weighted by Crippen LogP contribution is -2.21. The van der Waals surface area contributed by atoms with Crippen LogP contribution in [-0.4, -0.2) is 34.6 Å². The minimum atomic E-state index is 0.185. The number of aromatic nitrogens is 3. The summed E-state index contributed by atoms with van der Waals surface area (Å²) >= 11 is 11.5. The Bertz CT molecular complexity index is 417. The summed E-state index contributed by atoms with van der Waals surface area (Å²) in [7, 11) is 0. The van der Waals surface area contributed by atoms with Gasteiger partial charge in [-0.2, -0.15) is 15.0 Å². The molecule has 1 aromatic heterocycles. The molecule has 1 N–H and O–H groups in total. The van der Waals surface area contributed by atoms with Gasteiger partial charge in [0.25, 0.3) is 0 Å². The molecule has 0 bridgehead atoms. The van der Waals surface area contributed by atoms with E-state index in [0.717, 1.165) is 25.9 Å². The Kier molecular flexibility index (Phi) is 4.02. The molecule has 0 radical (unpaired) electrons. The summed E-state index contributed by atoms with van der Waals surface area (Å²) in [5, 5.41) is 3.62. The van der Waals surface area contributed by atoms with Crippen molar-refractivity contribution >= 4 is 35.1 Å². The minimum absolute atomic E-state index is 0.185. The maximum absolute atomic E-state index is 5.86. The molecular weight excluding hydrogens is 261 g/mol. The van der Waals surface area contributed by atoms with Gasteiger partial charge in [-0.05, 0) is 24.4 Å². The number of hydrogen-bond donors (Lipinski definition) is 1. The maximum Gasteiger partial charge on any atom is 0.231 e. The fraction of sp³-hybridized carbons (Fsp3) is 0.500. The predicted molar refractivity (Wildman–Crippen MR) is 69.8 cm³/mol. The lowest BCUT2D eigenvalue weighted by Gasteiger charge is -2.15. The van der Waals surface area contributed by atoms with Crippen LogP contribution in [0, 0.1) is 0 Å². The van der Waals surface area contributed by atoms with Crippen molar-refractivity contribution in [3.63, 3.8) is 0 Å². The monoisotopic (exact) mass is 273 g/mol. The number of halogens is 2. The van der Waals surface area contributed by atoms with Crippen molar-refractivity contribution in [2.45, 2.75) is 12.8 Å². The number of hydrogen-bond acceptors (Lipinski definition) is 5. The van der Waals surface area contributed by atoms with Crippen LogP contribution in [-0.2, 0) is 0 Å². The van der Waals surface area contributed by atoms with Crippen LogP contribution in [0.3, 0.4) is 0 Å². The lowest BCUT2D eigenvalue weighted by atomic mass is 10.4. The van der Waals surface area contributed by atoms with Gasteiger partial charge in [0.15, 0.2) is 0 Å². The van der Waals surface area contributed by atoms with Crippen LogP contribution in [0.1, 0.15) is 12.8 Å². The van der Waals surface area contributed by atoms with E-state index in [1.54, 1.807) is 0 Å². The molecule has 2 rings (SSSR count). The van der Waals surface area contributed by atoms with E-state index in [1.165, 1.54) is 0 Å². The molecule has 2 heterocycles. The summed E-state index contributed by atoms with van der Waals surface area (Å²) in [5.74, 6) is 1.04. The van der Waals surface area contributed by atoms with Crippen LogP contribution in [0.15, 0.2) is 11.6 Å². The van der Waals surface area contributed by atoms with Gasteiger partial charge in [0.1, 0.15) is 0 Å². The van der Waals surface area contributed by atoms with Crippen molar-refractivity contribution in [3.8, 4) is 0 Å². The Hall–Kier alpha value is -1.07. The zero-order chi connectivity index (χ0) is 12.3. The highest BCUT2D eigenvalue weighted by Gasteiger charge is 2.16. The quantitative estimate of drug-likeness (QED) is 0.912. The van der Waals surface area contributed by atoms with Gasteiger partial charge in [-0.3, -0.25) is 0 Å². The third-order valence-electron chi connectivity index (χ3n) is 2.42. The molecule has 1 aromatic rings. The fourth-order valence-electron chi connectivity index (χ4n) is 1.65. The van der Waals surface area contributed by atoms with E-state index in [2.05, 4.69) is 31.7 Å². The van der Waals surface area contributed by atoms with Crippen LogP contribution in [0.2, 0.25) is 5.28 Å². The van der Waals surface area contributed by atoms with Crippen molar-refractivity contribution in [2.75, 3.05) is 29.9 Å². The molecule has 0 aliphatic carbocycles. The number of anilines is 2. The third-order valence-corrected chi connectivity index (χ3v) is 2.73. The third kappa shape index (κ3) is 3.44. The van der Waals surface area contributed by atoms with Gasteiger partial charge in [-0.15, -0.1) is 0 Å². The highest BCUT2D eigenvalue weighted by Crippen LogP contribution is 2.18. The van der Waals surface area contributed by atoms with Gasteiger partial charge in [0.05, 0.1) is 6.54 Å². The SMILES string of the molecule is C=C(Cl)CNc1nc(Cl)nc(N2CCCC2)n1. The number of nitrogens with one attached hydrogen (secondary N) is 1. The average molecular weight is 274 g/mol. The Morgan fingerprint density at radius 3 is 2.65 bits per heavy atom. The van der Waals surface area contributed by atoms with Crippen molar-refractivity contribution in [3.05, 3.63) is 16.9 Å². The molecule has 0 amide bonds. The molecule has 17 heavy (non-hydrogen) atoms. The largest absolute Gasteiger partial charge is 0.349 e. The Balaban J connectivity index is 2.13.